The summed E-state index contributed by atoms with van der Waals surface area (Å²) in [4.78, 5) is -0.112. The quantitative estimate of drug-likeness (QED) is 0.847. The summed E-state index contributed by atoms with van der Waals surface area (Å²) in [6.07, 6.45) is 1.32. The highest BCUT2D eigenvalue weighted by Crippen LogP contribution is 2.31. The third kappa shape index (κ3) is 2.78. The SMILES string of the molecule is Cc1conc1NS(=O)(=O)c1cc(Cl)c(N)c(Cl)c1. The molecule has 0 aliphatic carbocycles. The molecule has 0 unspecified atom stereocenters. The number of nitrogen functional groups attached to an aromatic ring is 1. The van der Waals surface area contributed by atoms with Crippen molar-refractivity contribution < 1.29 is 12.9 Å². The van der Waals surface area contributed by atoms with Crippen molar-refractivity contribution in [2.24, 2.45) is 0 Å². The molecule has 0 radical (unpaired) electrons. The molecule has 3 N–H and O–H groups in total. The van der Waals surface area contributed by atoms with Crippen LogP contribution in [0.15, 0.2) is 27.8 Å². The first kappa shape index (κ1) is 14.0. The fourth-order valence-electron chi connectivity index (χ4n) is 1.29. The number of aryl methyl sites for hydroxylation is 1. The molecule has 6 nitrogen and oxygen atoms in total. The van der Waals surface area contributed by atoms with Crippen molar-refractivity contribution in [3.8, 4) is 0 Å². The van der Waals surface area contributed by atoms with Crippen molar-refractivity contribution in [1.29, 1.82) is 0 Å². The van der Waals surface area contributed by atoms with Gasteiger partial charge in [-0.2, -0.15) is 0 Å². The fraction of sp³-hybridized carbons (Fsp3) is 0.100. The second-order valence-corrected chi connectivity index (χ2v) is 6.25. The maximum atomic E-state index is 12.1. The molecular formula is C10H9Cl2N3O3S. The number of nitrogens with one attached hydrogen (secondary N) is 1. The van der Waals surface area contributed by atoms with Gasteiger partial charge in [0.25, 0.3) is 10.0 Å². The Hall–Kier alpha value is -1.44. The number of nitrogens with two attached hydrogens (primary N) is 1. The van der Waals surface area contributed by atoms with Crippen LogP contribution in [-0.4, -0.2) is 13.6 Å². The highest BCUT2D eigenvalue weighted by atomic mass is 35.5. The van der Waals surface area contributed by atoms with E-state index < -0.39 is 10.0 Å². The Morgan fingerprint density at radius 2 is 1.89 bits per heavy atom. The number of sulfonamides is 1. The minimum atomic E-state index is -3.86. The van der Waals surface area contributed by atoms with Crippen LogP contribution in [0.4, 0.5) is 11.5 Å². The molecule has 0 atom stereocenters. The molecule has 2 aromatic rings. The van der Waals surface area contributed by atoms with E-state index in [1.54, 1.807) is 6.92 Å². The van der Waals surface area contributed by atoms with Crippen LogP contribution in [0.5, 0.6) is 0 Å². The van der Waals surface area contributed by atoms with Gasteiger partial charge in [-0.3, -0.25) is 4.72 Å². The number of aromatic nitrogens is 1. The van der Waals surface area contributed by atoms with E-state index in [2.05, 4.69) is 14.4 Å². The Labute approximate surface area is 119 Å². The lowest BCUT2D eigenvalue weighted by molar-refractivity contribution is 0.422. The van der Waals surface area contributed by atoms with Gasteiger partial charge in [-0.25, -0.2) is 8.42 Å². The number of rotatable bonds is 3. The van der Waals surface area contributed by atoms with E-state index in [-0.39, 0.29) is 26.4 Å². The Balaban J connectivity index is 2.43. The molecule has 1 aromatic heterocycles. The zero-order chi connectivity index (χ0) is 14.2. The van der Waals surface area contributed by atoms with E-state index in [1.165, 1.54) is 18.4 Å². The zero-order valence-electron chi connectivity index (χ0n) is 9.65. The van der Waals surface area contributed by atoms with Gasteiger partial charge < -0.3 is 10.3 Å². The van der Waals surface area contributed by atoms with Crippen molar-refractivity contribution in [3.63, 3.8) is 0 Å². The van der Waals surface area contributed by atoms with Gasteiger partial charge in [0.05, 0.1) is 20.6 Å². The Morgan fingerprint density at radius 1 is 1.32 bits per heavy atom. The predicted octanol–water partition coefficient (Wildman–Crippen LogP) is 2.67. The van der Waals surface area contributed by atoms with Crippen LogP contribution < -0.4 is 10.5 Å². The molecule has 0 amide bonds. The lowest BCUT2D eigenvalue weighted by atomic mass is 10.3. The first-order chi connectivity index (χ1) is 8.81. The minimum Gasteiger partial charge on any atom is -0.396 e. The lowest BCUT2D eigenvalue weighted by Gasteiger charge is -2.08. The molecule has 0 fully saturated rings. The van der Waals surface area contributed by atoms with Gasteiger partial charge in [0.2, 0.25) is 0 Å². The molecule has 0 saturated carbocycles. The van der Waals surface area contributed by atoms with E-state index in [0.29, 0.717) is 5.56 Å². The van der Waals surface area contributed by atoms with E-state index in [4.69, 9.17) is 28.9 Å². The summed E-state index contributed by atoms with van der Waals surface area (Å²) in [5.41, 5.74) is 6.22. The summed E-state index contributed by atoms with van der Waals surface area (Å²) in [7, 11) is -3.86. The van der Waals surface area contributed by atoms with Crippen LogP contribution in [0.1, 0.15) is 5.56 Å². The number of anilines is 2. The number of hydrogen-bond acceptors (Lipinski definition) is 5. The van der Waals surface area contributed by atoms with Crippen LogP contribution >= 0.6 is 23.2 Å². The van der Waals surface area contributed by atoms with Gasteiger partial charge in [-0.05, 0) is 19.1 Å². The molecular weight excluding hydrogens is 313 g/mol. The van der Waals surface area contributed by atoms with Gasteiger partial charge in [0.1, 0.15) is 6.26 Å². The first-order valence-electron chi connectivity index (χ1n) is 4.99. The second kappa shape index (κ2) is 4.92. The van der Waals surface area contributed by atoms with Crippen LogP contribution in [-0.2, 0) is 10.0 Å². The fourth-order valence-corrected chi connectivity index (χ4v) is 3.02. The predicted molar refractivity (Wildman–Crippen MR) is 72.9 cm³/mol. The molecule has 9 heteroatoms. The summed E-state index contributed by atoms with van der Waals surface area (Å²) in [5, 5.41) is 3.65. The topological polar surface area (TPSA) is 98.2 Å². The van der Waals surface area contributed by atoms with Gasteiger partial charge in [-0.1, -0.05) is 28.4 Å². The first-order valence-corrected chi connectivity index (χ1v) is 7.23. The summed E-state index contributed by atoms with van der Waals surface area (Å²) < 4.78 is 31.1. The maximum absolute atomic E-state index is 12.1. The third-order valence-electron chi connectivity index (χ3n) is 2.34. The smallest absolute Gasteiger partial charge is 0.263 e. The number of benzene rings is 1. The second-order valence-electron chi connectivity index (χ2n) is 3.75. The zero-order valence-corrected chi connectivity index (χ0v) is 12.0. The molecule has 19 heavy (non-hydrogen) atoms. The van der Waals surface area contributed by atoms with Crippen molar-refractivity contribution in [2.75, 3.05) is 10.5 Å². The standard InChI is InChI=1S/C10H9Cl2N3O3S/c1-5-4-18-14-10(5)15-19(16,17)6-2-7(11)9(13)8(12)3-6/h2-4H,13H2,1H3,(H,14,15). The van der Waals surface area contributed by atoms with Crippen LogP contribution in [0.2, 0.25) is 10.0 Å². The van der Waals surface area contributed by atoms with E-state index in [0.717, 1.165) is 0 Å². The van der Waals surface area contributed by atoms with Crippen LogP contribution in [0.3, 0.4) is 0 Å². The summed E-state index contributed by atoms with van der Waals surface area (Å²) in [5.74, 6) is 0.101. The van der Waals surface area contributed by atoms with E-state index in [9.17, 15) is 8.42 Å². The average Bonchev–Trinajstić information content (AvgIpc) is 2.70. The molecule has 0 bridgehead atoms. The lowest BCUT2D eigenvalue weighted by Crippen LogP contribution is -2.14. The maximum Gasteiger partial charge on any atom is 0.263 e. The van der Waals surface area contributed by atoms with Crippen LogP contribution in [0, 0.1) is 6.92 Å². The minimum absolute atomic E-state index is 0.0600. The van der Waals surface area contributed by atoms with Crippen molar-refractivity contribution in [1.82, 2.24) is 5.16 Å². The van der Waals surface area contributed by atoms with Crippen molar-refractivity contribution >= 4 is 44.7 Å². The Bertz CT molecular complexity index is 704. The Kier molecular flexibility index (Phi) is 3.62. The van der Waals surface area contributed by atoms with Gasteiger partial charge in [0.15, 0.2) is 5.82 Å². The number of halogens is 2. The normalized spacial score (nSPS) is 11.5. The van der Waals surface area contributed by atoms with Crippen molar-refractivity contribution in [2.45, 2.75) is 11.8 Å². The monoisotopic (exact) mass is 321 g/mol. The third-order valence-corrected chi connectivity index (χ3v) is 4.28. The molecule has 0 aliphatic rings. The van der Waals surface area contributed by atoms with Gasteiger partial charge in [-0.15, -0.1) is 0 Å². The number of nitrogens with zero attached hydrogens (tertiary/aromatic N) is 1. The molecule has 2 rings (SSSR count). The largest absolute Gasteiger partial charge is 0.396 e. The Morgan fingerprint density at radius 3 is 2.37 bits per heavy atom. The molecule has 0 saturated heterocycles. The molecule has 1 aromatic carbocycles. The average molecular weight is 322 g/mol. The highest BCUT2D eigenvalue weighted by molar-refractivity contribution is 7.92. The van der Waals surface area contributed by atoms with Gasteiger partial charge >= 0.3 is 0 Å². The highest BCUT2D eigenvalue weighted by Gasteiger charge is 2.19. The van der Waals surface area contributed by atoms with Crippen LogP contribution in [0.25, 0.3) is 0 Å². The summed E-state index contributed by atoms with van der Waals surface area (Å²) >= 11 is 11.6. The molecule has 1 heterocycles. The summed E-state index contributed by atoms with van der Waals surface area (Å²) in [6.45, 7) is 1.65. The molecule has 102 valence electrons. The summed E-state index contributed by atoms with van der Waals surface area (Å²) in [6, 6.07) is 2.42. The van der Waals surface area contributed by atoms with E-state index >= 15 is 0 Å². The molecule has 0 aliphatic heterocycles. The van der Waals surface area contributed by atoms with Gasteiger partial charge in [0, 0.05) is 5.56 Å². The number of hydrogen-bond donors (Lipinski definition) is 2. The van der Waals surface area contributed by atoms with Crippen molar-refractivity contribution in [3.05, 3.63) is 34.0 Å². The van der Waals surface area contributed by atoms with E-state index in [1.807, 2.05) is 0 Å². The molecule has 0 spiro atoms.